The summed E-state index contributed by atoms with van der Waals surface area (Å²) in [7, 11) is 0. The molecule has 6 heteroatoms. The maximum Gasteiger partial charge on any atom is 0.252 e. The van der Waals surface area contributed by atoms with E-state index in [9.17, 15) is 9.59 Å². The van der Waals surface area contributed by atoms with Crippen molar-refractivity contribution in [2.75, 3.05) is 6.54 Å². The quantitative estimate of drug-likeness (QED) is 0.361. The highest BCUT2D eigenvalue weighted by Crippen LogP contribution is 2.26. The Labute approximate surface area is 199 Å². The van der Waals surface area contributed by atoms with Crippen LogP contribution in [0.1, 0.15) is 34.0 Å². The number of pyridine rings is 1. The number of amides is 1. The second-order valence-corrected chi connectivity index (χ2v) is 8.17. The van der Waals surface area contributed by atoms with E-state index in [1.165, 1.54) is 0 Å². The number of aromatic nitrogens is 2. The lowest BCUT2D eigenvalue weighted by Gasteiger charge is -2.08. The summed E-state index contributed by atoms with van der Waals surface area (Å²) in [5.41, 5.74) is 5.10. The van der Waals surface area contributed by atoms with Crippen molar-refractivity contribution in [3.05, 3.63) is 101 Å². The molecule has 2 N–H and O–H groups in total. The van der Waals surface area contributed by atoms with Gasteiger partial charge in [-0.3, -0.25) is 14.6 Å². The van der Waals surface area contributed by atoms with Gasteiger partial charge in [0.15, 0.2) is 0 Å². The number of aryl methyl sites for hydroxylation is 1. The minimum absolute atomic E-state index is 0.130. The summed E-state index contributed by atoms with van der Waals surface area (Å²) in [6, 6.07) is 20.9. The fourth-order valence-electron chi connectivity index (χ4n) is 3.71. The molecule has 0 atom stereocenters. The number of nitrogens with zero attached hydrogens (tertiary/aromatic N) is 1. The summed E-state index contributed by atoms with van der Waals surface area (Å²) in [5.74, 6) is 1.34. The third-order valence-corrected chi connectivity index (χ3v) is 5.33. The predicted octanol–water partition coefficient (Wildman–Crippen LogP) is 5.28. The molecule has 0 aliphatic heterocycles. The van der Waals surface area contributed by atoms with Crippen LogP contribution in [-0.2, 0) is 17.6 Å². The number of carbonyl (C=O) groups excluding carboxylic acids is 2. The van der Waals surface area contributed by atoms with Crippen LogP contribution in [0.3, 0.4) is 0 Å². The molecule has 0 unspecified atom stereocenters. The minimum Gasteiger partial charge on any atom is -0.457 e. The largest absolute Gasteiger partial charge is 0.457 e. The number of aromatic amines is 1. The Hall–Kier alpha value is -4.19. The second kappa shape index (κ2) is 10.6. The average molecular weight is 454 g/mol. The fraction of sp³-hybridized carbons (Fsp3) is 0.179. The number of nitrogens with one attached hydrogen (secondary N) is 2. The smallest absolute Gasteiger partial charge is 0.252 e. The maximum atomic E-state index is 12.5. The van der Waals surface area contributed by atoms with Gasteiger partial charge in [0.2, 0.25) is 0 Å². The predicted molar refractivity (Wildman–Crippen MR) is 132 cm³/mol. The SMILES string of the molecule is CCNC(=O)c1c[nH]c(-c2cc(Oc3ccc(CC(=O)Cc4cccc(C)c4)cc3)ccn2)c1. The van der Waals surface area contributed by atoms with Crippen molar-refractivity contribution < 1.29 is 14.3 Å². The van der Waals surface area contributed by atoms with Crippen LogP contribution in [0.25, 0.3) is 11.4 Å². The number of ketones is 1. The van der Waals surface area contributed by atoms with Crippen LogP contribution in [0.4, 0.5) is 0 Å². The molecule has 2 aromatic carbocycles. The zero-order chi connectivity index (χ0) is 23.9. The standard InChI is InChI=1S/C28H27N3O3/c1-3-29-28(33)22-16-26(31-18-22)27-17-25(11-12-30-27)34-24-9-7-20(8-10-24)14-23(32)15-21-6-4-5-19(2)13-21/h4-13,16-18,31H,3,14-15H2,1-2H3,(H,29,33). The first-order valence-electron chi connectivity index (χ1n) is 11.3. The van der Waals surface area contributed by atoms with Gasteiger partial charge in [-0.05, 0) is 49.2 Å². The number of Topliss-reactive ketones (excluding diaryl/α,β-unsaturated/α-hetero) is 1. The van der Waals surface area contributed by atoms with E-state index in [1.54, 1.807) is 24.5 Å². The van der Waals surface area contributed by atoms with E-state index in [4.69, 9.17) is 4.74 Å². The van der Waals surface area contributed by atoms with Gasteiger partial charge in [0.05, 0.1) is 17.0 Å². The van der Waals surface area contributed by atoms with E-state index in [2.05, 4.69) is 15.3 Å². The third-order valence-electron chi connectivity index (χ3n) is 5.33. The molecule has 2 aromatic heterocycles. The summed E-state index contributed by atoms with van der Waals surface area (Å²) in [6.45, 7) is 4.48. The summed E-state index contributed by atoms with van der Waals surface area (Å²) in [4.78, 5) is 31.9. The van der Waals surface area contributed by atoms with E-state index in [0.717, 1.165) is 22.4 Å². The van der Waals surface area contributed by atoms with E-state index >= 15 is 0 Å². The first-order valence-corrected chi connectivity index (χ1v) is 11.3. The van der Waals surface area contributed by atoms with Crippen LogP contribution in [0, 0.1) is 6.92 Å². The Morgan fingerprint density at radius 2 is 1.74 bits per heavy atom. The van der Waals surface area contributed by atoms with Gasteiger partial charge in [-0.1, -0.05) is 42.0 Å². The van der Waals surface area contributed by atoms with Gasteiger partial charge in [-0.2, -0.15) is 0 Å². The molecule has 0 bridgehead atoms. The molecular weight excluding hydrogens is 426 g/mol. The molecular formula is C28H27N3O3. The van der Waals surface area contributed by atoms with E-state index in [0.29, 0.717) is 42.1 Å². The number of hydrogen-bond donors (Lipinski definition) is 2. The van der Waals surface area contributed by atoms with Gasteiger partial charge in [-0.25, -0.2) is 0 Å². The first kappa shape index (κ1) is 23.0. The highest BCUT2D eigenvalue weighted by atomic mass is 16.5. The summed E-state index contributed by atoms with van der Waals surface area (Å²) in [5, 5.41) is 2.78. The average Bonchev–Trinajstić information content (AvgIpc) is 3.31. The van der Waals surface area contributed by atoms with Crippen LogP contribution in [-0.4, -0.2) is 28.2 Å². The van der Waals surface area contributed by atoms with Gasteiger partial charge in [0, 0.05) is 37.8 Å². The van der Waals surface area contributed by atoms with Crippen LogP contribution < -0.4 is 10.1 Å². The summed E-state index contributed by atoms with van der Waals surface area (Å²) >= 11 is 0. The molecule has 0 spiro atoms. The Balaban J connectivity index is 1.38. The van der Waals surface area contributed by atoms with Crippen LogP contribution >= 0.6 is 0 Å². The molecule has 4 rings (SSSR count). The maximum absolute atomic E-state index is 12.5. The monoisotopic (exact) mass is 453 g/mol. The molecule has 0 aliphatic carbocycles. The third kappa shape index (κ3) is 5.98. The van der Waals surface area contributed by atoms with Crippen molar-refractivity contribution in [2.45, 2.75) is 26.7 Å². The van der Waals surface area contributed by atoms with Crippen molar-refractivity contribution in [3.63, 3.8) is 0 Å². The lowest BCUT2D eigenvalue weighted by Crippen LogP contribution is -2.21. The van der Waals surface area contributed by atoms with Crippen LogP contribution in [0.2, 0.25) is 0 Å². The number of rotatable bonds is 9. The van der Waals surface area contributed by atoms with Crippen molar-refractivity contribution in [1.29, 1.82) is 0 Å². The van der Waals surface area contributed by atoms with Crippen molar-refractivity contribution >= 4 is 11.7 Å². The normalized spacial score (nSPS) is 10.6. The number of ether oxygens (including phenoxy) is 1. The van der Waals surface area contributed by atoms with E-state index < -0.39 is 0 Å². The molecule has 0 saturated carbocycles. The van der Waals surface area contributed by atoms with Crippen molar-refractivity contribution in [3.8, 4) is 22.9 Å². The van der Waals surface area contributed by atoms with Crippen molar-refractivity contribution in [2.24, 2.45) is 0 Å². The topological polar surface area (TPSA) is 84.1 Å². The van der Waals surface area contributed by atoms with Gasteiger partial charge in [-0.15, -0.1) is 0 Å². The minimum atomic E-state index is -0.130. The molecule has 0 radical (unpaired) electrons. The molecule has 0 saturated heterocycles. The van der Waals surface area contributed by atoms with Crippen LogP contribution in [0.15, 0.2) is 79.1 Å². The Kier molecular flexibility index (Phi) is 7.18. The van der Waals surface area contributed by atoms with Gasteiger partial charge >= 0.3 is 0 Å². The second-order valence-electron chi connectivity index (χ2n) is 8.17. The molecule has 172 valence electrons. The number of benzene rings is 2. The Bertz CT molecular complexity index is 1290. The van der Waals surface area contributed by atoms with E-state index in [1.807, 2.05) is 68.4 Å². The molecule has 34 heavy (non-hydrogen) atoms. The van der Waals surface area contributed by atoms with Gasteiger partial charge in [0.25, 0.3) is 5.91 Å². The van der Waals surface area contributed by atoms with Crippen LogP contribution in [0.5, 0.6) is 11.5 Å². The number of hydrogen-bond acceptors (Lipinski definition) is 4. The number of carbonyl (C=O) groups is 2. The zero-order valence-corrected chi connectivity index (χ0v) is 19.3. The molecule has 2 heterocycles. The Morgan fingerprint density at radius 1 is 0.941 bits per heavy atom. The van der Waals surface area contributed by atoms with Gasteiger partial charge in [0.1, 0.15) is 17.3 Å². The Morgan fingerprint density at radius 3 is 2.50 bits per heavy atom. The first-order chi connectivity index (χ1) is 16.5. The molecule has 4 aromatic rings. The summed E-state index contributed by atoms with van der Waals surface area (Å²) in [6.07, 6.45) is 4.14. The highest BCUT2D eigenvalue weighted by Gasteiger charge is 2.11. The van der Waals surface area contributed by atoms with Gasteiger partial charge < -0.3 is 15.0 Å². The number of H-pyrrole nitrogens is 1. The molecule has 0 aliphatic rings. The van der Waals surface area contributed by atoms with Crippen molar-refractivity contribution in [1.82, 2.24) is 15.3 Å². The fourth-order valence-corrected chi connectivity index (χ4v) is 3.71. The lowest BCUT2D eigenvalue weighted by molar-refractivity contribution is -0.117. The zero-order valence-electron chi connectivity index (χ0n) is 19.3. The lowest BCUT2D eigenvalue weighted by atomic mass is 10.0. The molecule has 6 nitrogen and oxygen atoms in total. The molecule has 0 fully saturated rings. The summed E-state index contributed by atoms with van der Waals surface area (Å²) < 4.78 is 5.98. The highest BCUT2D eigenvalue weighted by molar-refractivity contribution is 5.95. The van der Waals surface area contributed by atoms with E-state index in [-0.39, 0.29) is 11.7 Å². The molecule has 1 amide bonds.